The van der Waals surface area contributed by atoms with E-state index < -0.39 is 11.8 Å². The number of hydrogen-bond donors (Lipinski definition) is 2. The van der Waals surface area contributed by atoms with Gasteiger partial charge in [0.1, 0.15) is 5.71 Å². The quantitative estimate of drug-likeness (QED) is 0.788. The van der Waals surface area contributed by atoms with Gasteiger partial charge in [0.15, 0.2) is 0 Å². The number of amides is 3. The van der Waals surface area contributed by atoms with Crippen molar-refractivity contribution < 1.29 is 14.4 Å². The van der Waals surface area contributed by atoms with Crippen LogP contribution in [0.2, 0.25) is 0 Å². The summed E-state index contributed by atoms with van der Waals surface area (Å²) in [5.74, 6) is -1.09. The van der Waals surface area contributed by atoms with Crippen molar-refractivity contribution in [3.05, 3.63) is 36.0 Å². The van der Waals surface area contributed by atoms with Gasteiger partial charge in [-0.3, -0.25) is 25.2 Å². The van der Waals surface area contributed by atoms with Crippen LogP contribution in [0.1, 0.15) is 23.2 Å². The first-order valence-corrected chi connectivity index (χ1v) is 7.46. The Bertz CT molecular complexity index is 868. The zero-order valence-corrected chi connectivity index (χ0v) is 13.4. The second-order valence-corrected chi connectivity index (χ2v) is 5.54. The number of hydrogen-bond acceptors (Lipinski definition) is 4. The fraction of sp³-hybridized carbons (Fsp3) is 0.250. The topological polar surface area (TPSA) is 95.8 Å². The van der Waals surface area contributed by atoms with Gasteiger partial charge in [-0.2, -0.15) is 5.10 Å². The van der Waals surface area contributed by atoms with E-state index in [1.807, 2.05) is 35.9 Å². The number of benzene rings is 1. The molecule has 2 heterocycles. The van der Waals surface area contributed by atoms with Gasteiger partial charge < -0.3 is 4.57 Å². The number of rotatable bonds is 2. The highest BCUT2D eigenvalue weighted by Gasteiger charge is 2.22. The van der Waals surface area contributed by atoms with Crippen LogP contribution < -0.4 is 10.9 Å². The van der Waals surface area contributed by atoms with Gasteiger partial charge in [-0.15, -0.1) is 0 Å². The van der Waals surface area contributed by atoms with E-state index in [2.05, 4.69) is 16.0 Å². The Balaban J connectivity index is 1.70. The molecule has 3 amide bonds. The normalized spacial score (nSPS) is 14.5. The van der Waals surface area contributed by atoms with E-state index in [0.29, 0.717) is 5.56 Å². The summed E-state index contributed by atoms with van der Waals surface area (Å²) in [7, 11) is 3.34. The summed E-state index contributed by atoms with van der Waals surface area (Å²) in [5, 5.41) is 5.83. The van der Waals surface area contributed by atoms with Crippen molar-refractivity contribution in [1.82, 2.24) is 20.4 Å². The summed E-state index contributed by atoms with van der Waals surface area (Å²) >= 11 is 0. The average molecular weight is 327 g/mol. The average Bonchev–Trinajstić information content (AvgIpc) is 2.92. The van der Waals surface area contributed by atoms with Crippen molar-refractivity contribution >= 4 is 34.3 Å². The Labute approximate surface area is 138 Å². The summed E-state index contributed by atoms with van der Waals surface area (Å²) < 4.78 is 1.85. The molecule has 1 aliphatic rings. The first-order chi connectivity index (χ1) is 11.5. The van der Waals surface area contributed by atoms with Crippen LogP contribution in [-0.4, -0.2) is 40.1 Å². The number of nitrogens with zero attached hydrogens (tertiary/aromatic N) is 3. The zero-order valence-electron chi connectivity index (χ0n) is 13.4. The van der Waals surface area contributed by atoms with Crippen molar-refractivity contribution in [2.75, 3.05) is 7.05 Å². The molecule has 0 fully saturated rings. The first kappa shape index (κ1) is 15.7. The number of hydrazine groups is 1. The van der Waals surface area contributed by atoms with E-state index in [-0.39, 0.29) is 24.5 Å². The minimum Gasteiger partial charge on any atom is -0.350 e. The van der Waals surface area contributed by atoms with Crippen LogP contribution in [0.15, 0.2) is 35.6 Å². The lowest BCUT2D eigenvalue weighted by atomic mass is 10.1. The molecule has 1 aromatic heterocycles. The van der Waals surface area contributed by atoms with Crippen LogP contribution in [0.3, 0.4) is 0 Å². The van der Waals surface area contributed by atoms with Gasteiger partial charge in [0.05, 0.1) is 5.56 Å². The molecule has 0 saturated carbocycles. The minimum absolute atomic E-state index is 0.147. The van der Waals surface area contributed by atoms with Crippen molar-refractivity contribution in [3.8, 4) is 0 Å². The van der Waals surface area contributed by atoms with E-state index in [1.165, 1.54) is 7.05 Å². The molecule has 0 atom stereocenters. The standard InChI is InChI=1S/C16H17N5O3/c1-20-9-11(10-5-3-4-6-13(10)20)15(23)17-18-16(24)12-7-8-14(22)21(2)19-12/h3-6,9H,7-8H2,1-2H3,(H,17,23)(H,18,24). The molecule has 0 spiro atoms. The molecule has 124 valence electrons. The molecular weight excluding hydrogens is 310 g/mol. The molecular formula is C16H17N5O3. The predicted molar refractivity (Wildman–Crippen MR) is 88.0 cm³/mol. The van der Waals surface area contributed by atoms with Gasteiger partial charge in [0.2, 0.25) is 5.91 Å². The number of carbonyl (C=O) groups excluding carboxylic acids is 3. The molecule has 1 aromatic carbocycles. The van der Waals surface area contributed by atoms with E-state index in [9.17, 15) is 14.4 Å². The second kappa shape index (κ2) is 6.15. The molecule has 24 heavy (non-hydrogen) atoms. The van der Waals surface area contributed by atoms with Gasteiger partial charge in [-0.1, -0.05) is 18.2 Å². The van der Waals surface area contributed by atoms with E-state index in [1.54, 1.807) is 6.20 Å². The second-order valence-electron chi connectivity index (χ2n) is 5.54. The highest BCUT2D eigenvalue weighted by molar-refractivity contribution is 6.39. The van der Waals surface area contributed by atoms with Crippen molar-refractivity contribution in [1.29, 1.82) is 0 Å². The van der Waals surface area contributed by atoms with E-state index in [4.69, 9.17) is 0 Å². The zero-order chi connectivity index (χ0) is 17.3. The third-order valence-electron chi connectivity index (χ3n) is 3.90. The van der Waals surface area contributed by atoms with Crippen LogP contribution in [0.4, 0.5) is 0 Å². The SMILES string of the molecule is CN1N=C(C(=O)NNC(=O)c2cn(C)c3ccccc23)CCC1=O. The number of aromatic nitrogens is 1. The maximum Gasteiger partial charge on any atom is 0.285 e. The number of aryl methyl sites for hydroxylation is 1. The Morgan fingerprint density at radius 2 is 1.79 bits per heavy atom. The van der Waals surface area contributed by atoms with Gasteiger partial charge >= 0.3 is 0 Å². The lowest BCUT2D eigenvalue weighted by molar-refractivity contribution is -0.130. The molecule has 3 rings (SSSR count). The van der Waals surface area contributed by atoms with Gasteiger partial charge in [0.25, 0.3) is 11.8 Å². The van der Waals surface area contributed by atoms with Crippen LogP contribution >= 0.6 is 0 Å². The Morgan fingerprint density at radius 1 is 1.08 bits per heavy atom. The largest absolute Gasteiger partial charge is 0.350 e. The highest BCUT2D eigenvalue weighted by atomic mass is 16.2. The summed E-state index contributed by atoms with van der Waals surface area (Å²) in [6.07, 6.45) is 2.18. The van der Waals surface area contributed by atoms with Crippen molar-refractivity contribution in [3.63, 3.8) is 0 Å². The fourth-order valence-electron chi connectivity index (χ4n) is 2.61. The molecule has 0 bridgehead atoms. The predicted octanol–water partition coefficient (Wildman–Crippen LogP) is 0.547. The Morgan fingerprint density at radius 3 is 2.54 bits per heavy atom. The third kappa shape index (κ3) is 2.85. The Hall–Kier alpha value is -3.16. The lowest BCUT2D eigenvalue weighted by Gasteiger charge is -2.18. The minimum atomic E-state index is -0.525. The smallest absolute Gasteiger partial charge is 0.285 e. The molecule has 2 N–H and O–H groups in total. The molecule has 0 unspecified atom stereocenters. The van der Waals surface area contributed by atoms with Crippen LogP contribution in [0, 0.1) is 0 Å². The Kier molecular flexibility index (Phi) is 4.03. The van der Waals surface area contributed by atoms with Crippen molar-refractivity contribution in [2.24, 2.45) is 12.1 Å². The van der Waals surface area contributed by atoms with Gasteiger partial charge in [-0.25, -0.2) is 5.01 Å². The van der Waals surface area contributed by atoms with Crippen LogP contribution in [0.25, 0.3) is 10.9 Å². The molecule has 0 aliphatic carbocycles. The summed E-state index contributed by atoms with van der Waals surface area (Å²) in [6, 6.07) is 7.50. The maximum atomic E-state index is 12.3. The highest BCUT2D eigenvalue weighted by Crippen LogP contribution is 2.19. The molecule has 2 aromatic rings. The fourth-order valence-corrected chi connectivity index (χ4v) is 2.61. The molecule has 0 radical (unpaired) electrons. The molecule has 8 heteroatoms. The number of nitrogens with one attached hydrogen (secondary N) is 2. The van der Waals surface area contributed by atoms with Crippen molar-refractivity contribution in [2.45, 2.75) is 12.8 Å². The molecule has 1 aliphatic heterocycles. The lowest BCUT2D eigenvalue weighted by Crippen LogP contribution is -2.46. The van der Waals surface area contributed by atoms with Gasteiger partial charge in [-0.05, 0) is 6.07 Å². The third-order valence-corrected chi connectivity index (χ3v) is 3.90. The first-order valence-electron chi connectivity index (χ1n) is 7.46. The molecule has 0 saturated heterocycles. The van der Waals surface area contributed by atoms with Crippen LogP contribution in [0.5, 0.6) is 0 Å². The monoisotopic (exact) mass is 327 g/mol. The summed E-state index contributed by atoms with van der Waals surface area (Å²) in [4.78, 5) is 35.7. The number of fused-ring (bicyclic) bond motifs is 1. The summed E-state index contributed by atoms with van der Waals surface area (Å²) in [6.45, 7) is 0. The number of para-hydroxylation sites is 1. The van der Waals surface area contributed by atoms with Crippen LogP contribution in [-0.2, 0) is 16.6 Å². The van der Waals surface area contributed by atoms with E-state index in [0.717, 1.165) is 15.9 Å². The van der Waals surface area contributed by atoms with E-state index >= 15 is 0 Å². The number of hydrazone groups is 1. The maximum absolute atomic E-state index is 12.3. The summed E-state index contributed by atoms with van der Waals surface area (Å²) in [5.41, 5.74) is 6.33. The molecule has 8 nitrogen and oxygen atoms in total. The number of carbonyl (C=O) groups is 3. The van der Waals surface area contributed by atoms with Gasteiger partial charge in [0, 0.05) is 44.0 Å².